The van der Waals surface area contributed by atoms with Gasteiger partial charge in [-0.3, -0.25) is 24.2 Å². The van der Waals surface area contributed by atoms with E-state index < -0.39 is 23.8 Å². The van der Waals surface area contributed by atoms with Crippen LogP contribution in [-0.2, 0) is 16.0 Å². The van der Waals surface area contributed by atoms with Crippen LogP contribution in [-0.4, -0.2) is 77.4 Å². The van der Waals surface area contributed by atoms with Crippen molar-refractivity contribution in [2.75, 3.05) is 38.0 Å². The van der Waals surface area contributed by atoms with Gasteiger partial charge >= 0.3 is 0 Å². The molecule has 1 aliphatic heterocycles. The molecule has 1 aliphatic rings. The van der Waals surface area contributed by atoms with Crippen molar-refractivity contribution in [3.63, 3.8) is 0 Å². The van der Waals surface area contributed by atoms with Crippen molar-refractivity contribution in [1.29, 1.82) is 0 Å². The molecule has 0 saturated heterocycles. The lowest BCUT2D eigenvalue weighted by atomic mass is 10.0. The van der Waals surface area contributed by atoms with Gasteiger partial charge in [0.2, 0.25) is 17.6 Å². The molecular formula is C33H35N7O5. The predicted octanol–water partition coefficient (Wildman–Crippen LogP) is 2.66. The molecule has 3 heterocycles. The number of aromatic nitrogens is 2. The minimum Gasteiger partial charge on any atom is -0.383 e. The smallest absolute Gasteiger partial charge is 0.292 e. The van der Waals surface area contributed by atoms with Crippen molar-refractivity contribution in [1.82, 2.24) is 31.0 Å². The number of pyridine rings is 1. The Morgan fingerprint density at radius 1 is 0.844 bits per heavy atom. The van der Waals surface area contributed by atoms with Crippen LogP contribution in [0.15, 0.2) is 89.6 Å². The molecule has 2 aromatic carbocycles. The zero-order chi connectivity index (χ0) is 31.4. The van der Waals surface area contributed by atoms with Crippen LogP contribution in [0.5, 0.6) is 0 Å². The highest BCUT2D eigenvalue weighted by Gasteiger charge is 2.25. The summed E-state index contributed by atoms with van der Waals surface area (Å²) in [7, 11) is 0. The number of hydrogen-bond donors (Lipinski definition) is 4. The molecule has 4 aromatic rings. The Labute approximate surface area is 260 Å². The van der Waals surface area contributed by atoms with Gasteiger partial charge in [0.05, 0.1) is 0 Å². The molecule has 0 unspecified atom stereocenters. The number of hydrogen-bond acceptors (Lipinski definition) is 8. The highest BCUT2D eigenvalue weighted by atomic mass is 16.5. The summed E-state index contributed by atoms with van der Waals surface area (Å²) in [6.45, 7) is 1.30. The molecule has 5 rings (SSSR count). The average Bonchev–Trinajstić information content (AvgIpc) is 3.56. The maximum Gasteiger partial charge on any atom is 0.292 e. The van der Waals surface area contributed by atoms with E-state index in [2.05, 4.69) is 31.4 Å². The number of anilines is 1. The summed E-state index contributed by atoms with van der Waals surface area (Å²) in [6, 6.07) is 22.7. The second-order valence-electron chi connectivity index (χ2n) is 10.6. The third-order valence-electron chi connectivity index (χ3n) is 7.26. The molecule has 0 fully saturated rings. The van der Waals surface area contributed by atoms with E-state index in [0.717, 1.165) is 11.1 Å². The topological polar surface area (TPSA) is 159 Å². The molecule has 4 N–H and O–H groups in total. The molecule has 45 heavy (non-hydrogen) atoms. The second-order valence-corrected chi connectivity index (χ2v) is 10.6. The fourth-order valence-corrected chi connectivity index (χ4v) is 4.91. The zero-order valence-electron chi connectivity index (χ0n) is 24.7. The first-order valence-corrected chi connectivity index (χ1v) is 14.9. The summed E-state index contributed by atoms with van der Waals surface area (Å²) in [4.78, 5) is 58.3. The van der Waals surface area contributed by atoms with Crippen molar-refractivity contribution >= 4 is 29.3 Å². The summed E-state index contributed by atoms with van der Waals surface area (Å²) in [5, 5.41) is 15.8. The summed E-state index contributed by atoms with van der Waals surface area (Å²) in [6.07, 6.45) is 2.37. The van der Waals surface area contributed by atoms with Crippen molar-refractivity contribution in [3.8, 4) is 11.3 Å². The lowest BCUT2D eigenvalue weighted by Gasteiger charge is -2.23. The number of fused-ring (bicyclic) bond motifs is 2. The molecule has 0 radical (unpaired) electrons. The molecule has 4 amide bonds. The summed E-state index contributed by atoms with van der Waals surface area (Å²) >= 11 is 0. The van der Waals surface area contributed by atoms with E-state index in [1.807, 2.05) is 60.7 Å². The summed E-state index contributed by atoms with van der Waals surface area (Å²) in [5.41, 5.74) is 3.00. The Morgan fingerprint density at radius 3 is 2.40 bits per heavy atom. The van der Waals surface area contributed by atoms with Gasteiger partial charge in [0.25, 0.3) is 11.8 Å². The van der Waals surface area contributed by atoms with Gasteiger partial charge in [0.15, 0.2) is 0 Å². The van der Waals surface area contributed by atoms with Crippen molar-refractivity contribution in [2.24, 2.45) is 0 Å². The largest absolute Gasteiger partial charge is 0.383 e. The number of benzene rings is 2. The van der Waals surface area contributed by atoms with Gasteiger partial charge in [-0.2, -0.15) is 0 Å². The Bertz CT molecular complexity index is 1610. The quantitative estimate of drug-likeness (QED) is 0.275. The van der Waals surface area contributed by atoms with Gasteiger partial charge in [-0.15, -0.1) is 0 Å². The summed E-state index contributed by atoms with van der Waals surface area (Å²) < 4.78 is 5.40. The number of nitrogens with zero attached hydrogens (tertiary/aromatic N) is 3. The number of carbonyl (C=O) groups is 4. The van der Waals surface area contributed by atoms with Gasteiger partial charge in [-0.05, 0) is 24.1 Å². The normalized spacial score (nSPS) is 17.0. The monoisotopic (exact) mass is 609 g/mol. The molecular weight excluding hydrogens is 574 g/mol. The summed E-state index contributed by atoms with van der Waals surface area (Å²) in [5.74, 6) is -1.42. The first-order valence-electron chi connectivity index (χ1n) is 14.9. The molecule has 1 atom stereocenters. The van der Waals surface area contributed by atoms with Crippen LogP contribution < -0.4 is 21.3 Å². The standard InChI is InChI=1S/C33H35N7O5/c41-30-12-7-18-40(33(44)29-22-26(39-45-29)24-10-5-2-6-11-24)19-17-37-31(42)28(20-23-8-3-1-4-9-23)38-32(43)27-21-25(13-14-35-27)34-15-16-36-30/h1-6,8-11,13-14,21-22,28,34H,7,12,15-20H2,(H,36,41)(H,37,42)(H,38,43)/t28-/m0/s1. The highest BCUT2D eigenvalue weighted by molar-refractivity contribution is 5.97. The maximum absolute atomic E-state index is 13.5. The first-order chi connectivity index (χ1) is 22.0. The lowest BCUT2D eigenvalue weighted by molar-refractivity contribution is -0.123. The van der Waals surface area contributed by atoms with Crippen LogP contribution in [0.1, 0.15) is 39.4 Å². The number of amides is 4. The molecule has 0 spiro atoms. The molecule has 12 heteroatoms. The van der Waals surface area contributed by atoms with Gasteiger partial charge in [-0.25, -0.2) is 0 Å². The Morgan fingerprint density at radius 2 is 1.60 bits per heavy atom. The van der Waals surface area contributed by atoms with Gasteiger partial charge in [-0.1, -0.05) is 65.8 Å². The van der Waals surface area contributed by atoms with Gasteiger partial charge in [0, 0.05) is 69.1 Å². The van der Waals surface area contributed by atoms with E-state index in [1.54, 1.807) is 18.2 Å². The van der Waals surface area contributed by atoms with E-state index in [9.17, 15) is 19.2 Å². The average molecular weight is 610 g/mol. The molecule has 12 nitrogen and oxygen atoms in total. The Hall–Kier alpha value is -5.52. The van der Waals surface area contributed by atoms with Crippen LogP contribution in [0.2, 0.25) is 0 Å². The minimum absolute atomic E-state index is 0.0533. The molecule has 2 aromatic heterocycles. The molecule has 0 aliphatic carbocycles. The van der Waals surface area contributed by atoms with E-state index >= 15 is 0 Å². The van der Waals surface area contributed by atoms with E-state index in [4.69, 9.17) is 4.52 Å². The SMILES string of the molecule is O=C1CCCN(C(=O)c2cc(-c3ccccc3)no2)CCNC(=O)[C@H](Cc2ccccc2)NC(=O)c2cc(ccn2)NCCN1. The number of rotatable bonds is 4. The Kier molecular flexibility index (Phi) is 10.5. The van der Waals surface area contributed by atoms with E-state index in [1.165, 1.54) is 11.1 Å². The molecule has 0 saturated carbocycles. The number of nitrogens with one attached hydrogen (secondary N) is 4. The van der Waals surface area contributed by atoms with Gasteiger partial charge in [0.1, 0.15) is 17.4 Å². The van der Waals surface area contributed by atoms with Crippen molar-refractivity contribution in [3.05, 3.63) is 102 Å². The lowest BCUT2D eigenvalue weighted by Crippen LogP contribution is -2.50. The predicted molar refractivity (Wildman–Crippen MR) is 167 cm³/mol. The van der Waals surface area contributed by atoms with Crippen LogP contribution in [0.25, 0.3) is 11.3 Å². The van der Waals surface area contributed by atoms with E-state index in [-0.39, 0.29) is 49.8 Å². The Balaban J connectivity index is 1.33. The van der Waals surface area contributed by atoms with Crippen LogP contribution in [0.3, 0.4) is 0 Å². The first kappa shape index (κ1) is 30.9. The zero-order valence-corrected chi connectivity index (χ0v) is 24.7. The second kappa shape index (κ2) is 15.3. The number of carbonyl (C=O) groups excluding carboxylic acids is 4. The van der Waals surface area contributed by atoms with Gasteiger partial charge < -0.3 is 30.7 Å². The van der Waals surface area contributed by atoms with Crippen LogP contribution in [0.4, 0.5) is 5.69 Å². The highest BCUT2D eigenvalue weighted by Crippen LogP contribution is 2.20. The van der Waals surface area contributed by atoms with Crippen molar-refractivity contribution in [2.45, 2.75) is 25.3 Å². The fraction of sp³-hybridized carbons (Fsp3) is 0.273. The fourth-order valence-electron chi connectivity index (χ4n) is 4.91. The molecule has 232 valence electrons. The third-order valence-corrected chi connectivity index (χ3v) is 7.26. The minimum atomic E-state index is -0.894. The van der Waals surface area contributed by atoms with E-state index in [0.29, 0.717) is 30.9 Å². The van der Waals surface area contributed by atoms with Crippen LogP contribution >= 0.6 is 0 Å². The third kappa shape index (κ3) is 8.75. The maximum atomic E-state index is 13.5. The van der Waals surface area contributed by atoms with Crippen LogP contribution in [0, 0.1) is 0 Å². The van der Waals surface area contributed by atoms with Crippen molar-refractivity contribution < 1.29 is 23.7 Å². The molecule has 2 bridgehead atoms.